The second-order valence-corrected chi connectivity index (χ2v) is 9.51. The Balaban J connectivity index is 1.43. The third-order valence-corrected chi connectivity index (χ3v) is 6.66. The summed E-state index contributed by atoms with van der Waals surface area (Å²) < 4.78 is 2.07. The molecule has 2 aromatic carbocycles. The Morgan fingerprint density at radius 1 is 1.12 bits per heavy atom. The van der Waals surface area contributed by atoms with Crippen LogP contribution in [0.25, 0.3) is 10.9 Å². The van der Waals surface area contributed by atoms with Gasteiger partial charge in [-0.15, -0.1) is 0 Å². The van der Waals surface area contributed by atoms with Crippen molar-refractivity contribution in [2.24, 2.45) is 11.8 Å². The van der Waals surface area contributed by atoms with Crippen molar-refractivity contribution in [1.82, 2.24) is 9.88 Å². The van der Waals surface area contributed by atoms with Crippen molar-refractivity contribution in [1.29, 1.82) is 5.41 Å². The Morgan fingerprint density at radius 3 is 2.68 bits per heavy atom. The van der Waals surface area contributed by atoms with Crippen LogP contribution in [-0.2, 0) is 13.0 Å². The maximum absolute atomic E-state index is 12.9. The number of allylic oxidation sites excluding steroid dienone is 2. The van der Waals surface area contributed by atoms with E-state index in [1.807, 2.05) is 37.3 Å². The standard InChI is InChI=1S/C29H33N3O2/c1-20-15-21(2)28(33)27-16-23-13-14-24(17-26(23)32(27)19-20)29(34)31-25(18-30)12-8-4-7-11-22-9-5-3-6-10-22/h3,5-6,9-10,12-14,16-18,20-21,30H,4,7-8,11,15,19H2,1-2H3,(H,31,34). The van der Waals surface area contributed by atoms with Crippen molar-refractivity contribution in [2.75, 3.05) is 0 Å². The summed E-state index contributed by atoms with van der Waals surface area (Å²) in [6.45, 7) is 4.94. The van der Waals surface area contributed by atoms with Crippen LogP contribution < -0.4 is 5.32 Å². The number of amides is 1. The lowest BCUT2D eigenvalue weighted by Crippen LogP contribution is -2.23. The SMILES string of the molecule is CC1CC(C)C(=O)c2cc3ccc(C(=O)NC(C=N)=CCCCCc4ccccc4)cc3n2C1. The molecule has 0 saturated carbocycles. The number of fused-ring (bicyclic) bond motifs is 3. The van der Waals surface area contributed by atoms with Gasteiger partial charge >= 0.3 is 0 Å². The lowest BCUT2D eigenvalue weighted by Gasteiger charge is -2.12. The van der Waals surface area contributed by atoms with E-state index in [-0.39, 0.29) is 17.6 Å². The van der Waals surface area contributed by atoms with Crippen molar-refractivity contribution in [3.63, 3.8) is 0 Å². The second kappa shape index (κ2) is 10.6. The zero-order valence-corrected chi connectivity index (χ0v) is 20.0. The average Bonchev–Trinajstić information content (AvgIpc) is 3.15. The zero-order chi connectivity index (χ0) is 24.1. The van der Waals surface area contributed by atoms with E-state index in [0.29, 0.717) is 17.2 Å². The van der Waals surface area contributed by atoms with Crippen LogP contribution >= 0.6 is 0 Å². The predicted molar refractivity (Wildman–Crippen MR) is 138 cm³/mol. The molecule has 1 aromatic heterocycles. The fourth-order valence-electron chi connectivity index (χ4n) is 4.87. The largest absolute Gasteiger partial charge is 0.338 e. The smallest absolute Gasteiger partial charge is 0.255 e. The van der Waals surface area contributed by atoms with Crippen LogP contribution in [0.3, 0.4) is 0 Å². The molecule has 34 heavy (non-hydrogen) atoms. The van der Waals surface area contributed by atoms with Gasteiger partial charge in [-0.1, -0.05) is 56.3 Å². The molecule has 0 fully saturated rings. The number of ketones is 1. The molecule has 2 N–H and O–H groups in total. The van der Waals surface area contributed by atoms with Crippen molar-refractivity contribution in [3.05, 3.63) is 83.2 Å². The molecular formula is C29H33N3O2. The van der Waals surface area contributed by atoms with Gasteiger partial charge in [-0.05, 0) is 61.8 Å². The maximum atomic E-state index is 12.9. The van der Waals surface area contributed by atoms with Gasteiger partial charge in [0.25, 0.3) is 5.91 Å². The average molecular weight is 456 g/mol. The number of nitrogens with one attached hydrogen (secondary N) is 2. The Hall–Kier alpha value is -3.47. The molecule has 176 valence electrons. The fourth-order valence-corrected chi connectivity index (χ4v) is 4.87. The number of carbonyl (C=O) groups excluding carboxylic acids is 2. The van der Waals surface area contributed by atoms with E-state index in [1.54, 1.807) is 6.07 Å². The molecule has 0 saturated heterocycles. The van der Waals surface area contributed by atoms with E-state index >= 15 is 0 Å². The van der Waals surface area contributed by atoms with Crippen LogP contribution in [0, 0.1) is 17.2 Å². The molecule has 0 radical (unpaired) electrons. The normalized spacial score (nSPS) is 18.4. The number of aryl methyl sites for hydroxylation is 1. The van der Waals surface area contributed by atoms with Gasteiger partial charge in [0.05, 0.1) is 11.4 Å². The molecule has 0 aliphatic carbocycles. The van der Waals surface area contributed by atoms with Crippen LogP contribution in [0.5, 0.6) is 0 Å². The molecule has 5 nitrogen and oxygen atoms in total. The van der Waals surface area contributed by atoms with Gasteiger partial charge in [-0.2, -0.15) is 0 Å². The summed E-state index contributed by atoms with van der Waals surface area (Å²) in [5.74, 6) is 0.338. The number of hydrogen-bond acceptors (Lipinski definition) is 3. The lowest BCUT2D eigenvalue weighted by atomic mass is 9.94. The van der Waals surface area contributed by atoms with Gasteiger partial charge in [-0.25, -0.2) is 0 Å². The summed E-state index contributed by atoms with van der Waals surface area (Å²) in [5, 5.41) is 11.5. The van der Waals surface area contributed by atoms with Crippen LogP contribution in [0.15, 0.2) is 66.4 Å². The summed E-state index contributed by atoms with van der Waals surface area (Å²) in [7, 11) is 0. The van der Waals surface area contributed by atoms with E-state index in [2.05, 4.69) is 41.1 Å². The van der Waals surface area contributed by atoms with Gasteiger partial charge in [0.15, 0.2) is 5.78 Å². The zero-order valence-electron chi connectivity index (χ0n) is 20.0. The van der Waals surface area contributed by atoms with E-state index < -0.39 is 0 Å². The fraction of sp³-hybridized carbons (Fsp3) is 0.345. The van der Waals surface area contributed by atoms with Gasteiger partial charge in [0, 0.05) is 35.1 Å². The van der Waals surface area contributed by atoms with E-state index in [9.17, 15) is 9.59 Å². The minimum atomic E-state index is -0.238. The summed E-state index contributed by atoms with van der Waals surface area (Å²) in [5.41, 5.74) is 4.02. The topological polar surface area (TPSA) is 75.0 Å². The van der Waals surface area contributed by atoms with E-state index in [1.165, 1.54) is 11.8 Å². The molecule has 3 aromatic rings. The summed E-state index contributed by atoms with van der Waals surface area (Å²) >= 11 is 0. The highest BCUT2D eigenvalue weighted by Gasteiger charge is 2.27. The number of aromatic nitrogens is 1. The van der Waals surface area contributed by atoms with E-state index in [0.717, 1.165) is 55.2 Å². The second-order valence-electron chi connectivity index (χ2n) is 9.51. The van der Waals surface area contributed by atoms with Crippen LogP contribution in [-0.4, -0.2) is 22.5 Å². The summed E-state index contributed by atoms with van der Waals surface area (Å²) in [4.78, 5) is 25.8. The first-order valence-electron chi connectivity index (χ1n) is 12.2. The Labute approximate surface area is 201 Å². The van der Waals surface area contributed by atoms with Crippen molar-refractivity contribution in [3.8, 4) is 0 Å². The maximum Gasteiger partial charge on any atom is 0.255 e. The Morgan fingerprint density at radius 2 is 1.91 bits per heavy atom. The number of rotatable bonds is 8. The molecule has 4 rings (SSSR count). The number of unbranched alkanes of at least 4 members (excludes halogenated alkanes) is 2. The molecule has 2 heterocycles. The molecule has 1 amide bonds. The monoisotopic (exact) mass is 455 g/mol. The van der Waals surface area contributed by atoms with Gasteiger partial charge in [0.2, 0.25) is 0 Å². The summed E-state index contributed by atoms with van der Waals surface area (Å²) in [6, 6.07) is 17.9. The van der Waals surface area contributed by atoms with Crippen LogP contribution in [0.1, 0.15) is 65.9 Å². The first-order chi connectivity index (χ1) is 16.5. The van der Waals surface area contributed by atoms with Crippen molar-refractivity contribution in [2.45, 2.75) is 52.5 Å². The number of carbonyl (C=O) groups is 2. The molecule has 1 aliphatic rings. The molecule has 5 heteroatoms. The summed E-state index contributed by atoms with van der Waals surface area (Å²) in [6.07, 6.45) is 7.88. The highest BCUT2D eigenvalue weighted by atomic mass is 16.1. The lowest BCUT2D eigenvalue weighted by molar-refractivity contribution is 0.0916. The minimum absolute atomic E-state index is 0.0105. The van der Waals surface area contributed by atoms with Crippen molar-refractivity contribution < 1.29 is 9.59 Å². The minimum Gasteiger partial charge on any atom is -0.338 e. The van der Waals surface area contributed by atoms with Crippen LogP contribution in [0.4, 0.5) is 0 Å². The number of Topliss-reactive ketones (excluding diaryl/α,β-unsaturated/α-hetero) is 1. The first kappa shape index (κ1) is 23.7. The van der Waals surface area contributed by atoms with Gasteiger partial charge in [-0.3, -0.25) is 9.59 Å². The third kappa shape index (κ3) is 5.36. The molecule has 0 bridgehead atoms. The number of benzene rings is 2. The molecule has 1 aliphatic heterocycles. The quantitative estimate of drug-likeness (QED) is 0.314. The molecule has 0 spiro atoms. The first-order valence-corrected chi connectivity index (χ1v) is 12.2. The van der Waals surface area contributed by atoms with Crippen LogP contribution in [0.2, 0.25) is 0 Å². The van der Waals surface area contributed by atoms with E-state index in [4.69, 9.17) is 5.41 Å². The van der Waals surface area contributed by atoms with Crippen molar-refractivity contribution >= 4 is 28.8 Å². The molecule has 2 atom stereocenters. The van der Waals surface area contributed by atoms with Gasteiger partial charge < -0.3 is 15.3 Å². The number of nitrogens with zero attached hydrogens (tertiary/aromatic N) is 1. The Kier molecular flexibility index (Phi) is 7.41. The highest BCUT2D eigenvalue weighted by molar-refractivity contribution is 6.04. The molecule has 2 unspecified atom stereocenters. The predicted octanol–water partition coefficient (Wildman–Crippen LogP) is 6.18. The number of hydrogen-bond donors (Lipinski definition) is 2. The van der Waals surface area contributed by atoms with Gasteiger partial charge in [0.1, 0.15) is 0 Å². The Bertz CT molecular complexity index is 1220. The molecular weight excluding hydrogens is 422 g/mol. The highest BCUT2D eigenvalue weighted by Crippen LogP contribution is 2.30. The third-order valence-electron chi connectivity index (χ3n) is 6.66.